The molecule has 2 N–H and O–H groups in total. The zero-order chi connectivity index (χ0) is 20.6. The summed E-state index contributed by atoms with van der Waals surface area (Å²) in [7, 11) is 3.14. The molecule has 0 saturated heterocycles. The number of rotatable bonds is 4. The Morgan fingerprint density at radius 3 is 1.96 bits per heavy atom. The molecule has 2 amide bonds. The molecule has 27 heavy (non-hydrogen) atoms. The second kappa shape index (κ2) is 10.4. The summed E-state index contributed by atoms with van der Waals surface area (Å²) in [5, 5.41) is 5.76. The van der Waals surface area contributed by atoms with E-state index in [1.807, 2.05) is 32.0 Å². The van der Waals surface area contributed by atoms with Gasteiger partial charge in [0.2, 0.25) is 11.8 Å². The second-order valence-electron chi connectivity index (χ2n) is 5.93. The summed E-state index contributed by atoms with van der Waals surface area (Å²) < 4.78 is 10.1. The van der Waals surface area contributed by atoms with Gasteiger partial charge < -0.3 is 20.1 Å². The van der Waals surface area contributed by atoms with Crippen molar-refractivity contribution in [2.24, 2.45) is 0 Å². The van der Waals surface area contributed by atoms with Gasteiger partial charge >= 0.3 is 0 Å². The third kappa shape index (κ3) is 7.58. The number of halogens is 1. The van der Waals surface area contributed by atoms with E-state index in [4.69, 9.17) is 21.1 Å². The predicted molar refractivity (Wildman–Crippen MR) is 109 cm³/mol. The first-order valence-electron chi connectivity index (χ1n) is 8.21. The van der Waals surface area contributed by atoms with E-state index in [-0.39, 0.29) is 11.8 Å². The zero-order valence-corrected chi connectivity index (χ0v) is 17.2. The van der Waals surface area contributed by atoms with Crippen LogP contribution in [0, 0.1) is 13.8 Å². The monoisotopic (exact) mass is 392 g/mol. The molecule has 2 rings (SSSR count). The second-order valence-corrected chi connectivity index (χ2v) is 6.31. The van der Waals surface area contributed by atoms with Gasteiger partial charge in [0.15, 0.2) is 0 Å². The van der Waals surface area contributed by atoms with Crippen molar-refractivity contribution in [3.05, 3.63) is 46.5 Å². The number of carbonyl (C=O) groups excluding carboxylic acids is 2. The number of methoxy groups -OCH3 is 2. The number of anilines is 2. The highest BCUT2D eigenvalue weighted by Crippen LogP contribution is 2.33. The molecule has 0 bridgehead atoms. The highest BCUT2D eigenvalue weighted by molar-refractivity contribution is 6.35. The summed E-state index contributed by atoms with van der Waals surface area (Å²) in [5.74, 6) is 1.09. The van der Waals surface area contributed by atoms with E-state index in [0.717, 1.165) is 22.6 Å². The first-order valence-corrected chi connectivity index (χ1v) is 8.59. The first kappa shape index (κ1) is 22.3. The molecule has 0 heterocycles. The van der Waals surface area contributed by atoms with Crippen LogP contribution < -0.4 is 20.1 Å². The van der Waals surface area contributed by atoms with Gasteiger partial charge in [-0.05, 0) is 49.2 Å². The Morgan fingerprint density at radius 1 is 0.852 bits per heavy atom. The van der Waals surface area contributed by atoms with Gasteiger partial charge in [-0.2, -0.15) is 0 Å². The number of benzene rings is 2. The topological polar surface area (TPSA) is 76.7 Å². The van der Waals surface area contributed by atoms with Crippen molar-refractivity contribution in [1.29, 1.82) is 0 Å². The van der Waals surface area contributed by atoms with Crippen LogP contribution in [0.1, 0.15) is 25.0 Å². The molecule has 0 aliphatic rings. The van der Waals surface area contributed by atoms with Crippen LogP contribution in [0.15, 0.2) is 30.3 Å². The molecule has 0 unspecified atom stereocenters. The van der Waals surface area contributed by atoms with Gasteiger partial charge in [-0.1, -0.05) is 11.6 Å². The van der Waals surface area contributed by atoms with Crippen molar-refractivity contribution in [2.45, 2.75) is 27.7 Å². The van der Waals surface area contributed by atoms with Gasteiger partial charge in [-0.15, -0.1) is 0 Å². The maximum Gasteiger partial charge on any atom is 0.221 e. The Morgan fingerprint density at radius 2 is 1.44 bits per heavy atom. The molecule has 0 atom stereocenters. The van der Waals surface area contributed by atoms with Crippen molar-refractivity contribution >= 4 is 34.8 Å². The summed E-state index contributed by atoms with van der Waals surface area (Å²) in [5.41, 5.74) is 3.39. The van der Waals surface area contributed by atoms with E-state index < -0.39 is 0 Å². The molecule has 6 nitrogen and oxygen atoms in total. The Hall–Kier alpha value is -2.73. The number of hydrogen-bond acceptors (Lipinski definition) is 4. The van der Waals surface area contributed by atoms with Gasteiger partial charge in [0.1, 0.15) is 16.5 Å². The number of aryl methyl sites for hydroxylation is 2. The molecular weight excluding hydrogens is 368 g/mol. The summed E-state index contributed by atoms with van der Waals surface area (Å²) in [6, 6.07) is 9.20. The van der Waals surface area contributed by atoms with E-state index >= 15 is 0 Å². The van der Waals surface area contributed by atoms with Gasteiger partial charge in [-0.3, -0.25) is 9.59 Å². The maximum atomic E-state index is 10.9. The SMILES string of the molecule is COc1cc(C)cc(NC(C)=O)c1.COc1cc(C)cc(NC(C)=O)c1Cl. The van der Waals surface area contributed by atoms with Crippen LogP contribution in [0.3, 0.4) is 0 Å². The van der Waals surface area contributed by atoms with Gasteiger partial charge in [0.25, 0.3) is 0 Å². The van der Waals surface area contributed by atoms with Crippen LogP contribution in [0.5, 0.6) is 11.5 Å². The van der Waals surface area contributed by atoms with Crippen molar-refractivity contribution < 1.29 is 19.1 Å². The molecule has 2 aromatic carbocycles. The van der Waals surface area contributed by atoms with Gasteiger partial charge in [0.05, 0.1) is 19.9 Å². The van der Waals surface area contributed by atoms with Crippen LogP contribution in [0.4, 0.5) is 11.4 Å². The Labute approximate surface area is 164 Å². The molecular formula is C20H25ClN2O4. The molecule has 0 aliphatic carbocycles. The van der Waals surface area contributed by atoms with E-state index in [1.165, 1.54) is 21.0 Å². The lowest BCUT2D eigenvalue weighted by Gasteiger charge is -2.10. The maximum absolute atomic E-state index is 10.9. The molecule has 0 aliphatic heterocycles. The zero-order valence-electron chi connectivity index (χ0n) is 16.4. The molecule has 0 spiro atoms. The summed E-state index contributed by atoms with van der Waals surface area (Å²) in [4.78, 5) is 21.6. The smallest absolute Gasteiger partial charge is 0.221 e. The summed E-state index contributed by atoms with van der Waals surface area (Å²) in [6.07, 6.45) is 0. The Bertz CT molecular complexity index is 822. The molecule has 7 heteroatoms. The Kier molecular flexibility index (Phi) is 8.62. The van der Waals surface area contributed by atoms with Crippen LogP contribution in [-0.2, 0) is 9.59 Å². The fraction of sp³-hybridized carbons (Fsp3) is 0.300. The van der Waals surface area contributed by atoms with E-state index in [1.54, 1.807) is 19.2 Å². The largest absolute Gasteiger partial charge is 0.497 e. The minimum Gasteiger partial charge on any atom is -0.497 e. The number of ether oxygens (including phenoxy) is 2. The summed E-state index contributed by atoms with van der Waals surface area (Å²) in [6.45, 7) is 6.78. The van der Waals surface area contributed by atoms with Crippen molar-refractivity contribution in [3.8, 4) is 11.5 Å². The number of amides is 2. The van der Waals surface area contributed by atoms with Crippen LogP contribution in [0.2, 0.25) is 5.02 Å². The minimum atomic E-state index is -0.153. The van der Waals surface area contributed by atoms with Crippen molar-refractivity contribution in [1.82, 2.24) is 0 Å². The van der Waals surface area contributed by atoms with Gasteiger partial charge in [-0.25, -0.2) is 0 Å². The van der Waals surface area contributed by atoms with Crippen molar-refractivity contribution in [2.75, 3.05) is 24.9 Å². The molecule has 146 valence electrons. The average molecular weight is 393 g/mol. The van der Waals surface area contributed by atoms with Crippen LogP contribution in [0.25, 0.3) is 0 Å². The molecule has 0 fully saturated rings. The Balaban J connectivity index is 0.000000271. The third-order valence-corrected chi connectivity index (χ3v) is 3.71. The lowest BCUT2D eigenvalue weighted by Crippen LogP contribution is -2.06. The first-order chi connectivity index (χ1) is 12.7. The van der Waals surface area contributed by atoms with Crippen LogP contribution >= 0.6 is 11.6 Å². The minimum absolute atomic E-state index is 0.0762. The fourth-order valence-electron chi connectivity index (χ4n) is 2.31. The summed E-state index contributed by atoms with van der Waals surface area (Å²) >= 11 is 5.99. The van der Waals surface area contributed by atoms with E-state index in [2.05, 4.69) is 10.6 Å². The van der Waals surface area contributed by atoms with Crippen molar-refractivity contribution in [3.63, 3.8) is 0 Å². The normalized spacial score (nSPS) is 9.59. The number of hydrogen-bond donors (Lipinski definition) is 2. The van der Waals surface area contributed by atoms with Gasteiger partial charge in [0, 0.05) is 25.6 Å². The van der Waals surface area contributed by atoms with E-state index in [9.17, 15) is 9.59 Å². The molecule has 0 aromatic heterocycles. The standard InChI is InChI=1S/C10H12ClNO2.C10H13NO2/c1-6-4-8(12-7(2)13)10(11)9(5-6)14-3;1-7-4-9(11-8(2)12)6-10(5-7)13-3/h4-5H,1-3H3,(H,12,13);4-6H,1-3H3,(H,11,12). The van der Waals surface area contributed by atoms with Crippen LogP contribution in [-0.4, -0.2) is 26.0 Å². The number of nitrogens with one attached hydrogen (secondary N) is 2. The average Bonchev–Trinajstić information content (AvgIpc) is 2.56. The quantitative estimate of drug-likeness (QED) is 0.798. The third-order valence-electron chi connectivity index (χ3n) is 3.32. The molecule has 2 aromatic rings. The van der Waals surface area contributed by atoms with E-state index in [0.29, 0.717) is 16.5 Å². The molecule has 0 saturated carbocycles. The lowest BCUT2D eigenvalue weighted by atomic mass is 10.2. The number of carbonyl (C=O) groups is 2. The predicted octanol–water partition coefficient (Wildman–Crippen LogP) is 4.58. The highest BCUT2D eigenvalue weighted by atomic mass is 35.5. The molecule has 0 radical (unpaired) electrons. The fourth-order valence-corrected chi connectivity index (χ4v) is 2.54. The lowest BCUT2D eigenvalue weighted by molar-refractivity contribution is -0.115. The highest BCUT2D eigenvalue weighted by Gasteiger charge is 2.08.